The summed E-state index contributed by atoms with van der Waals surface area (Å²) in [6.07, 6.45) is 7.01. The maximum absolute atomic E-state index is 3.37. The van der Waals surface area contributed by atoms with Crippen molar-refractivity contribution in [1.29, 1.82) is 0 Å². The number of hydrogen-bond donors (Lipinski definition) is 1. The predicted octanol–water partition coefficient (Wildman–Crippen LogP) is 3.56. The van der Waals surface area contributed by atoms with E-state index in [1.54, 1.807) is 0 Å². The van der Waals surface area contributed by atoms with Crippen molar-refractivity contribution < 1.29 is 0 Å². The molecular formula is C17H28N2. The van der Waals surface area contributed by atoms with Gasteiger partial charge in [0.05, 0.1) is 0 Å². The first-order chi connectivity index (χ1) is 9.38. The second-order valence-corrected chi connectivity index (χ2v) is 5.64. The van der Waals surface area contributed by atoms with Crippen LogP contribution in [0, 0.1) is 0 Å². The average Bonchev–Trinajstić information content (AvgIpc) is 2.41. The van der Waals surface area contributed by atoms with E-state index in [1.165, 1.54) is 56.3 Å². The summed E-state index contributed by atoms with van der Waals surface area (Å²) in [5, 5.41) is 3.37. The number of hydrogen-bond acceptors (Lipinski definition) is 2. The SMILES string of the molecule is CCNCc1ccc(CN2CCCCCCC2)cc1. The molecule has 0 amide bonds. The minimum absolute atomic E-state index is 0.987. The van der Waals surface area contributed by atoms with Crippen LogP contribution in [0.25, 0.3) is 0 Å². The van der Waals surface area contributed by atoms with E-state index in [2.05, 4.69) is 41.4 Å². The Hall–Kier alpha value is -0.860. The van der Waals surface area contributed by atoms with E-state index in [4.69, 9.17) is 0 Å². The zero-order valence-corrected chi connectivity index (χ0v) is 12.3. The molecule has 0 bridgehead atoms. The lowest BCUT2D eigenvalue weighted by Gasteiger charge is -2.24. The van der Waals surface area contributed by atoms with Gasteiger partial charge in [-0.2, -0.15) is 0 Å². The fourth-order valence-electron chi connectivity index (χ4n) is 2.76. The molecule has 1 heterocycles. The van der Waals surface area contributed by atoms with Crippen LogP contribution in [0.1, 0.15) is 50.2 Å². The Kier molecular flexibility index (Phi) is 6.38. The van der Waals surface area contributed by atoms with Crippen LogP contribution in [-0.4, -0.2) is 24.5 Å². The summed E-state index contributed by atoms with van der Waals surface area (Å²) in [6, 6.07) is 9.13. The first-order valence-corrected chi connectivity index (χ1v) is 7.89. The largest absolute Gasteiger partial charge is 0.313 e. The minimum Gasteiger partial charge on any atom is -0.313 e. The quantitative estimate of drug-likeness (QED) is 0.871. The lowest BCUT2D eigenvalue weighted by Crippen LogP contribution is -2.26. The van der Waals surface area contributed by atoms with Crippen molar-refractivity contribution in [2.75, 3.05) is 19.6 Å². The molecule has 19 heavy (non-hydrogen) atoms. The van der Waals surface area contributed by atoms with Gasteiger partial charge >= 0.3 is 0 Å². The highest BCUT2D eigenvalue weighted by Gasteiger charge is 2.08. The molecule has 1 fully saturated rings. The summed E-state index contributed by atoms with van der Waals surface area (Å²) >= 11 is 0. The second kappa shape index (κ2) is 8.34. The summed E-state index contributed by atoms with van der Waals surface area (Å²) < 4.78 is 0. The number of rotatable bonds is 5. The van der Waals surface area contributed by atoms with E-state index in [-0.39, 0.29) is 0 Å². The van der Waals surface area contributed by atoms with E-state index < -0.39 is 0 Å². The van der Waals surface area contributed by atoms with Gasteiger partial charge in [-0.05, 0) is 43.6 Å². The van der Waals surface area contributed by atoms with E-state index in [0.29, 0.717) is 0 Å². The monoisotopic (exact) mass is 260 g/mol. The fourth-order valence-corrected chi connectivity index (χ4v) is 2.76. The van der Waals surface area contributed by atoms with Crippen molar-refractivity contribution in [2.45, 2.75) is 52.1 Å². The zero-order chi connectivity index (χ0) is 13.3. The van der Waals surface area contributed by atoms with Gasteiger partial charge in [0.2, 0.25) is 0 Å². The van der Waals surface area contributed by atoms with Gasteiger partial charge in [0.1, 0.15) is 0 Å². The molecule has 1 aliphatic heterocycles. The Labute approximate surface area is 118 Å². The molecule has 1 aromatic rings. The molecule has 0 radical (unpaired) electrons. The summed E-state index contributed by atoms with van der Waals surface area (Å²) in [7, 11) is 0. The molecule has 0 unspecified atom stereocenters. The molecular weight excluding hydrogens is 232 g/mol. The van der Waals surface area contributed by atoms with Crippen LogP contribution in [0.5, 0.6) is 0 Å². The van der Waals surface area contributed by atoms with Crippen LogP contribution in [0.2, 0.25) is 0 Å². The number of nitrogens with zero attached hydrogens (tertiary/aromatic N) is 1. The van der Waals surface area contributed by atoms with Crippen LogP contribution in [-0.2, 0) is 13.1 Å². The van der Waals surface area contributed by atoms with Gasteiger partial charge in [-0.1, -0.05) is 50.5 Å². The van der Waals surface area contributed by atoms with Crippen LogP contribution in [0.4, 0.5) is 0 Å². The molecule has 1 aromatic carbocycles. The molecule has 1 aliphatic rings. The third-order valence-electron chi connectivity index (χ3n) is 3.96. The Bertz CT molecular complexity index is 337. The zero-order valence-electron chi connectivity index (χ0n) is 12.3. The van der Waals surface area contributed by atoms with Gasteiger partial charge in [-0.3, -0.25) is 4.90 Å². The third kappa shape index (κ3) is 5.33. The number of likely N-dealkylation sites (tertiary alicyclic amines) is 1. The Morgan fingerprint density at radius 2 is 1.47 bits per heavy atom. The normalized spacial score (nSPS) is 17.9. The Morgan fingerprint density at radius 1 is 0.895 bits per heavy atom. The molecule has 106 valence electrons. The summed E-state index contributed by atoms with van der Waals surface area (Å²) in [6.45, 7) is 7.85. The van der Waals surface area contributed by atoms with Gasteiger partial charge in [0.25, 0.3) is 0 Å². The summed E-state index contributed by atoms with van der Waals surface area (Å²) in [5.74, 6) is 0. The highest BCUT2D eigenvalue weighted by atomic mass is 15.1. The third-order valence-corrected chi connectivity index (χ3v) is 3.96. The van der Waals surface area contributed by atoms with Gasteiger partial charge in [-0.15, -0.1) is 0 Å². The Balaban J connectivity index is 1.83. The number of benzene rings is 1. The highest BCUT2D eigenvalue weighted by molar-refractivity contribution is 5.22. The lowest BCUT2D eigenvalue weighted by atomic mass is 10.1. The standard InChI is InChI=1S/C17H28N2/c1-2-18-14-16-8-10-17(11-9-16)15-19-12-6-4-3-5-7-13-19/h8-11,18H,2-7,12-15H2,1H3. The van der Waals surface area contributed by atoms with Crippen molar-refractivity contribution in [3.63, 3.8) is 0 Å². The first kappa shape index (κ1) is 14.5. The van der Waals surface area contributed by atoms with Gasteiger partial charge in [0, 0.05) is 13.1 Å². The van der Waals surface area contributed by atoms with Crippen molar-refractivity contribution >= 4 is 0 Å². The first-order valence-electron chi connectivity index (χ1n) is 7.89. The van der Waals surface area contributed by atoms with Gasteiger partial charge in [0.15, 0.2) is 0 Å². The molecule has 0 atom stereocenters. The summed E-state index contributed by atoms with van der Waals surface area (Å²) in [4.78, 5) is 2.62. The van der Waals surface area contributed by atoms with Crippen LogP contribution in [0.3, 0.4) is 0 Å². The van der Waals surface area contributed by atoms with Crippen LogP contribution in [0.15, 0.2) is 24.3 Å². The maximum atomic E-state index is 3.37. The van der Waals surface area contributed by atoms with E-state index in [0.717, 1.165) is 19.6 Å². The van der Waals surface area contributed by atoms with Crippen molar-refractivity contribution in [1.82, 2.24) is 10.2 Å². The smallest absolute Gasteiger partial charge is 0.0233 e. The Morgan fingerprint density at radius 3 is 2.11 bits per heavy atom. The fraction of sp³-hybridized carbons (Fsp3) is 0.647. The van der Waals surface area contributed by atoms with Crippen molar-refractivity contribution in [3.8, 4) is 0 Å². The summed E-state index contributed by atoms with van der Waals surface area (Å²) in [5.41, 5.74) is 2.85. The van der Waals surface area contributed by atoms with E-state index >= 15 is 0 Å². The van der Waals surface area contributed by atoms with Crippen molar-refractivity contribution in [3.05, 3.63) is 35.4 Å². The van der Waals surface area contributed by atoms with Crippen LogP contribution >= 0.6 is 0 Å². The topological polar surface area (TPSA) is 15.3 Å². The molecule has 0 aromatic heterocycles. The second-order valence-electron chi connectivity index (χ2n) is 5.64. The van der Waals surface area contributed by atoms with E-state index in [1.807, 2.05) is 0 Å². The molecule has 0 aliphatic carbocycles. The molecule has 1 N–H and O–H groups in total. The molecule has 0 saturated carbocycles. The maximum Gasteiger partial charge on any atom is 0.0233 e. The highest BCUT2D eigenvalue weighted by Crippen LogP contribution is 2.14. The lowest BCUT2D eigenvalue weighted by molar-refractivity contribution is 0.240. The average molecular weight is 260 g/mol. The predicted molar refractivity (Wildman–Crippen MR) is 82.2 cm³/mol. The molecule has 2 nitrogen and oxygen atoms in total. The molecule has 2 heteroatoms. The molecule has 2 rings (SSSR count). The van der Waals surface area contributed by atoms with Gasteiger partial charge in [-0.25, -0.2) is 0 Å². The van der Waals surface area contributed by atoms with Gasteiger partial charge < -0.3 is 5.32 Å². The van der Waals surface area contributed by atoms with Crippen LogP contribution < -0.4 is 5.32 Å². The molecule has 1 saturated heterocycles. The number of nitrogens with one attached hydrogen (secondary N) is 1. The van der Waals surface area contributed by atoms with Crippen molar-refractivity contribution in [2.24, 2.45) is 0 Å². The minimum atomic E-state index is 0.987. The molecule has 0 spiro atoms. The van der Waals surface area contributed by atoms with E-state index in [9.17, 15) is 0 Å².